The van der Waals surface area contributed by atoms with Crippen LogP contribution >= 0.6 is 0 Å². The number of nitrogens with zero attached hydrogens (tertiary/aromatic N) is 3. The van der Waals surface area contributed by atoms with Crippen molar-refractivity contribution in [3.8, 4) is 0 Å². The van der Waals surface area contributed by atoms with Crippen molar-refractivity contribution in [2.24, 2.45) is 11.8 Å². The van der Waals surface area contributed by atoms with E-state index < -0.39 is 5.60 Å². The van der Waals surface area contributed by atoms with E-state index in [1.54, 1.807) is 4.90 Å². The van der Waals surface area contributed by atoms with Crippen LogP contribution in [-0.2, 0) is 19.1 Å². The van der Waals surface area contributed by atoms with E-state index in [-0.39, 0.29) is 35.7 Å². The van der Waals surface area contributed by atoms with E-state index in [0.717, 1.165) is 12.8 Å². The summed E-state index contributed by atoms with van der Waals surface area (Å²) in [6, 6.07) is 0. The van der Waals surface area contributed by atoms with Gasteiger partial charge >= 0.3 is 6.09 Å². The molecule has 0 aromatic carbocycles. The highest BCUT2D eigenvalue weighted by molar-refractivity contribution is 6.01. The van der Waals surface area contributed by atoms with Gasteiger partial charge in [-0.05, 0) is 39.5 Å². The fraction of sp³-hybridized carbons (Fsp3) is 0.800. The fourth-order valence-electron chi connectivity index (χ4n) is 4.00. The van der Waals surface area contributed by atoms with E-state index >= 15 is 0 Å². The first-order valence-electron chi connectivity index (χ1n) is 10.2. The summed E-state index contributed by atoms with van der Waals surface area (Å²) in [5.41, 5.74) is -0.498. The van der Waals surface area contributed by atoms with E-state index in [9.17, 15) is 19.2 Å². The van der Waals surface area contributed by atoms with E-state index in [1.165, 1.54) is 4.90 Å². The molecule has 0 radical (unpaired) electrons. The topological polar surface area (TPSA) is 87.2 Å². The van der Waals surface area contributed by atoms with Gasteiger partial charge in [-0.2, -0.15) is 0 Å². The first kappa shape index (κ1) is 20.6. The molecule has 0 unspecified atom stereocenters. The minimum Gasteiger partial charge on any atom is -0.444 e. The molecule has 8 heteroatoms. The molecule has 3 fully saturated rings. The third kappa shape index (κ3) is 5.02. The van der Waals surface area contributed by atoms with Gasteiger partial charge in [0, 0.05) is 57.9 Å². The number of rotatable bonds is 4. The lowest BCUT2D eigenvalue weighted by atomic mass is 9.91. The van der Waals surface area contributed by atoms with Crippen molar-refractivity contribution in [3.63, 3.8) is 0 Å². The lowest BCUT2D eigenvalue weighted by Crippen LogP contribution is -2.54. The predicted octanol–water partition coefficient (Wildman–Crippen LogP) is 1.63. The first-order chi connectivity index (χ1) is 13.1. The summed E-state index contributed by atoms with van der Waals surface area (Å²) in [4.78, 5) is 52.8. The number of likely N-dealkylation sites (tertiary alicyclic amines) is 3. The summed E-state index contributed by atoms with van der Waals surface area (Å²) in [6.07, 6.45) is 2.45. The highest BCUT2D eigenvalue weighted by atomic mass is 16.6. The molecule has 0 spiro atoms. The minimum absolute atomic E-state index is 0.0912. The third-order valence-corrected chi connectivity index (χ3v) is 5.64. The van der Waals surface area contributed by atoms with E-state index in [2.05, 4.69) is 0 Å². The molecule has 0 bridgehead atoms. The third-order valence-electron chi connectivity index (χ3n) is 5.64. The molecular weight excluding hydrogens is 362 g/mol. The monoisotopic (exact) mass is 393 g/mol. The molecule has 3 aliphatic heterocycles. The number of carbonyl (C=O) groups excluding carboxylic acids is 4. The van der Waals surface area contributed by atoms with Crippen LogP contribution in [0, 0.1) is 11.8 Å². The van der Waals surface area contributed by atoms with Crippen molar-refractivity contribution in [2.75, 3.05) is 32.7 Å². The second-order valence-electron chi connectivity index (χ2n) is 9.18. The van der Waals surface area contributed by atoms with Gasteiger partial charge in [0.05, 0.1) is 0 Å². The first-order valence-corrected chi connectivity index (χ1v) is 10.2. The molecule has 3 rings (SSSR count). The van der Waals surface area contributed by atoms with Gasteiger partial charge in [0.2, 0.25) is 17.7 Å². The van der Waals surface area contributed by atoms with Gasteiger partial charge in [0.25, 0.3) is 0 Å². The van der Waals surface area contributed by atoms with Crippen molar-refractivity contribution in [1.29, 1.82) is 0 Å². The Labute approximate surface area is 166 Å². The van der Waals surface area contributed by atoms with E-state index in [1.807, 2.05) is 25.7 Å². The smallest absolute Gasteiger partial charge is 0.410 e. The van der Waals surface area contributed by atoms with Gasteiger partial charge in [-0.3, -0.25) is 19.3 Å². The maximum atomic E-state index is 12.5. The van der Waals surface area contributed by atoms with Gasteiger partial charge in [0.15, 0.2) is 0 Å². The van der Waals surface area contributed by atoms with Crippen molar-refractivity contribution >= 4 is 23.8 Å². The normalized spacial score (nSPS) is 21.9. The predicted molar refractivity (Wildman–Crippen MR) is 101 cm³/mol. The summed E-state index contributed by atoms with van der Waals surface area (Å²) < 4.78 is 5.40. The molecular formula is C20H31N3O5. The number of piperidine rings is 1. The Morgan fingerprint density at radius 3 is 2.07 bits per heavy atom. The van der Waals surface area contributed by atoms with Gasteiger partial charge in [-0.25, -0.2) is 4.79 Å². The second-order valence-corrected chi connectivity index (χ2v) is 9.18. The fourth-order valence-corrected chi connectivity index (χ4v) is 4.00. The molecule has 28 heavy (non-hydrogen) atoms. The van der Waals surface area contributed by atoms with Crippen LogP contribution in [0.4, 0.5) is 4.79 Å². The van der Waals surface area contributed by atoms with Crippen molar-refractivity contribution in [2.45, 2.75) is 58.5 Å². The van der Waals surface area contributed by atoms with E-state index in [4.69, 9.17) is 4.74 Å². The van der Waals surface area contributed by atoms with Crippen LogP contribution in [0.25, 0.3) is 0 Å². The Hall–Kier alpha value is -2.12. The van der Waals surface area contributed by atoms with Crippen molar-refractivity contribution in [3.05, 3.63) is 0 Å². The zero-order chi connectivity index (χ0) is 20.5. The van der Waals surface area contributed by atoms with Crippen LogP contribution in [0.3, 0.4) is 0 Å². The van der Waals surface area contributed by atoms with Crippen molar-refractivity contribution in [1.82, 2.24) is 14.7 Å². The maximum absolute atomic E-state index is 12.5. The van der Waals surface area contributed by atoms with Gasteiger partial charge in [-0.15, -0.1) is 0 Å². The van der Waals surface area contributed by atoms with Crippen LogP contribution in [0.5, 0.6) is 0 Å². The van der Waals surface area contributed by atoms with Gasteiger partial charge < -0.3 is 14.5 Å². The van der Waals surface area contributed by atoms with Crippen molar-refractivity contribution < 1.29 is 23.9 Å². The van der Waals surface area contributed by atoms with Gasteiger partial charge in [0.1, 0.15) is 5.60 Å². The highest BCUT2D eigenvalue weighted by Crippen LogP contribution is 2.26. The second kappa shape index (κ2) is 8.09. The van der Waals surface area contributed by atoms with Gasteiger partial charge in [-0.1, -0.05) is 0 Å². The van der Waals surface area contributed by atoms with Crippen LogP contribution in [0.1, 0.15) is 52.9 Å². The number of amides is 4. The number of ether oxygens (including phenoxy) is 1. The SMILES string of the molecule is CC(C)(C)OC(=O)N1CCC(CC(=O)N2CC(CN3C(=O)CCC3=O)C2)CC1. The molecule has 3 saturated heterocycles. The Kier molecular flexibility index (Phi) is 5.95. The molecule has 8 nitrogen and oxygen atoms in total. The number of imide groups is 1. The summed E-state index contributed by atoms with van der Waals surface area (Å²) in [5, 5.41) is 0. The standard InChI is InChI=1S/C20H31N3O5/c1-20(2,3)28-19(27)21-8-6-14(7-9-21)10-18(26)22-11-15(12-22)13-23-16(24)4-5-17(23)25/h14-15H,4-13H2,1-3H3. The van der Waals surface area contributed by atoms with Crippen LogP contribution in [-0.4, -0.2) is 76.8 Å². The molecule has 0 aromatic heterocycles. The zero-order valence-corrected chi connectivity index (χ0v) is 17.1. The molecule has 0 N–H and O–H groups in total. The molecule has 3 heterocycles. The minimum atomic E-state index is -0.498. The number of carbonyl (C=O) groups is 4. The molecule has 0 aliphatic carbocycles. The largest absolute Gasteiger partial charge is 0.444 e. The Morgan fingerprint density at radius 1 is 0.964 bits per heavy atom. The maximum Gasteiger partial charge on any atom is 0.410 e. The average Bonchev–Trinajstić information content (AvgIpc) is 2.88. The quantitative estimate of drug-likeness (QED) is 0.678. The summed E-state index contributed by atoms with van der Waals surface area (Å²) in [6.45, 7) is 8.48. The molecule has 4 amide bonds. The van der Waals surface area contributed by atoms with Crippen LogP contribution < -0.4 is 0 Å². The zero-order valence-electron chi connectivity index (χ0n) is 17.1. The average molecular weight is 393 g/mol. The van der Waals surface area contributed by atoms with Crippen LogP contribution in [0.2, 0.25) is 0 Å². The summed E-state index contributed by atoms with van der Waals surface area (Å²) >= 11 is 0. The lowest BCUT2D eigenvalue weighted by Gasteiger charge is -2.41. The summed E-state index contributed by atoms with van der Waals surface area (Å²) in [7, 11) is 0. The number of hydrogen-bond donors (Lipinski definition) is 0. The Balaban J connectivity index is 1.35. The molecule has 0 saturated carbocycles. The van der Waals surface area contributed by atoms with E-state index in [0.29, 0.717) is 52.0 Å². The molecule has 0 atom stereocenters. The molecule has 156 valence electrons. The van der Waals surface area contributed by atoms with Crippen LogP contribution in [0.15, 0.2) is 0 Å². The Morgan fingerprint density at radius 2 is 1.54 bits per heavy atom. The Bertz CT molecular complexity index is 627. The molecule has 0 aromatic rings. The number of hydrogen-bond acceptors (Lipinski definition) is 5. The molecule has 3 aliphatic rings. The lowest BCUT2D eigenvalue weighted by molar-refractivity contribution is -0.143. The summed E-state index contributed by atoms with van der Waals surface area (Å²) in [5.74, 6) is 0.431. The highest BCUT2D eigenvalue weighted by Gasteiger charge is 2.37.